The fourth-order valence-corrected chi connectivity index (χ4v) is 2.21. The summed E-state index contributed by atoms with van der Waals surface area (Å²) < 4.78 is 0. The molecule has 1 N–H and O–H groups in total. The molecule has 0 bridgehead atoms. The minimum atomic E-state index is -0.811. The Hall–Kier alpha value is -0.930. The zero-order valence-corrected chi connectivity index (χ0v) is 12.2. The molecule has 0 saturated carbocycles. The third-order valence-electron chi connectivity index (χ3n) is 2.69. The van der Waals surface area contributed by atoms with Crippen molar-refractivity contribution in [2.75, 3.05) is 11.4 Å². The van der Waals surface area contributed by atoms with E-state index in [1.54, 1.807) is 25.1 Å². The molecule has 5 heteroatoms. The molecule has 0 fully saturated rings. The van der Waals surface area contributed by atoms with Crippen LogP contribution in [0, 0.1) is 5.92 Å². The molecule has 1 rings (SSSR count). The van der Waals surface area contributed by atoms with Crippen molar-refractivity contribution in [3.63, 3.8) is 0 Å². The highest BCUT2D eigenvalue weighted by atomic mass is 35.5. The Kier molecular flexibility index (Phi) is 5.29. The van der Waals surface area contributed by atoms with Crippen molar-refractivity contribution >= 4 is 34.9 Å². The number of nitrogens with zero attached hydrogens (tertiary/aromatic N) is 1. The van der Waals surface area contributed by atoms with Crippen LogP contribution >= 0.6 is 23.2 Å². The highest BCUT2D eigenvalue weighted by molar-refractivity contribution is 6.35. The maximum Gasteiger partial charge on any atom is 0.308 e. The summed E-state index contributed by atoms with van der Waals surface area (Å²) in [5.74, 6) is -1.26. The van der Waals surface area contributed by atoms with Crippen molar-refractivity contribution < 1.29 is 9.90 Å². The molecule has 1 aromatic carbocycles. The van der Waals surface area contributed by atoms with Gasteiger partial charge in [-0.15, -0.1) is 0 Å². The first-order chi connectivity index (χ1) is 8.31. The molecule has 0 radical (unpaired) electrons. The van der Waals surface area contributed by atoms with Gasteiger partial charge in [-0.05, 0) is 32.0 Å². The van der Waals surface area contributed by atoms with Gasteiger partial charge in [-0.3, -0.25) is 4.79 Å². The Labute approximate surface area is 117 Å². The minimum absolute atomic E-state index is 0.168. The van der Waals surface area contributed by atoms with Gasteiger partial charge in [0.15, 0.2) is 0 Å². The van der Waals surface area contributed by atoms with E-state index in [4.69, 9.17) is 28.3 Å². The van der Waals surface area contributed by atoms with Gasteiger partial charge >= 0.3 is 5.97 Å². The van der Waals surface area contributed by atoms with Crippen molar-refractivity contribution in [1.82, 2.24) is 0 Å². The summed E-state index contributed by atoms with van der Waals surface area (Å²) in [6.45, 7) is 6.11. The summed E-state index contributed by atoms with van der Waals surface area (Å²) in [7, 11) is 0. The maximum atomic E-state index is 10.9. The third kappa shape index (κ3) is 4.07. The normalized spacial score (nSPS) is 12.6. The molecule has 0 aromatic heterocycles. The number of carbonyl (C=O) groups is 1. The van der Waals surface area contributed by atoms with Crippen molar-refractivity contribution in [3.8, 4) is 0 Å². The molecule has 18 heavy (non-hydrogen) atoms. The van der Waals surface area contributed by atoms with Gasteiger partial charge in [0.05, 0.1) is 5.92 Å². The van der Waals surface area contributed by atoms with Gasteiger partial charge in [0.25, 0.3) is 0 Å². The third-order valence-corrected chi connectivity index (χ3v) is 3.13. The fraction of sp³-hybridized carbons (Fsp3) is 0.462. The highest BCUT2D eigenvalue weighted by Crippen LogP contribution is 2.27. The summed E-state index contributed by atoms with van der Waals surface area (Å²) in [5.41, 5.74) is 0.843. The topological polar surface area (TPSA) is 40.5 Å². The molecule has 1 aromatic rings. The van der Waals surface area contributed by atoms with E-state index in [2.05, 4.69) is 0 Å². The zero-order chi connectivity index (χ0) is 13.9. The van der Waals surface area contributed by atoms with Crippen molar-refractivity contribution in [1.29, 1.82) is 0 Å². The molecular formula is C13H17Cl2NO2. The summed E-state index contributed by atoms with van der Waals surface area (Å²) >= 11 is 11.9. The SMILES string of the molecule is CC(CN(c1cc(Cl)cc(Cl)c1)C(C)C)C(=O)O. The molecule has 1 atom stereocenters. The van der Waals surface area contributed by atoms with Crippen molar-refractivity contribution in [2.24, 2.45) is 5.92 Å². The molecule has 0 spiro atoms. The Balaban J connectivity index is 3.01. The van der Waals surface area contributed by atoms with E-state index in [1.165, 1.54) is 0 Å². The molecule has 3 nitrogen and oxygen atoms in total. The van der Waals surface area contributed by atoms with Gasteiger partial charge in [0, 0.05) is 28.3 Å². The second-order valence-corrected chi connectivity index (χ2v) is 5.49. The van der Waals surface area contributed by atoms with E-state index in [1.807, 2.05) is 18.7 Å². The number of halogens is 2. The van der Waals surface area contributed by atoms with Gasteiger partial charge in [0.2, 0.25) is 0 Å². The lowest BCUT2D eigenvalue weighted by Crippen LogP contribution is -2.37. The van der Waals surface area contributed by atoms with E-state index in [0.717, 1.165) is 5.69 Å². The summed E-state index contributed by atoms with van der Waals surface area (Å²) in [6.07, 6.45) is 0. The lowest BCUT2D eigenvalue weighted by atomic mass is 10.1. The van der Waals surface area contributed by atoms with Gasteiger partial charge < -0.3 is 10.0 Å². The van der Waals surface area contributed by atoms with Gasteiger partial charge in [-0.1, -0.05) is 30.1 Å². The number of benzene rings is 1. The highest BCUT2D eigenvalue weighted by Gasteiger charge is 2.19. The van der Waals surface area contributed by atoms with Gasteiger partial charge in [-0.25, -0.2) is 0 Å². The first-order valence-corrected chi connectivity index (χ1v) is 6.52. The number of aliphatic carboxylic acids is 1. The first kappa shape index (κ1) is 15.1. The zero-order valence-electron chi connectivity index (χ0n) is 10.7. The lowest BCUT2D eigenvalue weighted by molar-refractivity contribution is -0.140. The number of hydrogen-bond acceptors (Lipinski definition) is 2. The van der Waals surface area contributed by atoms with Crippen LogP contribution < -0.4 is 4.90 Å². The molecule has 0 aliphatic carbocycles. The monoisotopic (exact) mass is 289 g/mol. The average molecular weight is 290 g/mol. The number of carboxylic acid groups (broad SMARTS) is 1. The Morgan fingerprint density at radius 2 is 1.72 bits per heavy atom. The van der Waals surface area contributed by atoms with Crippen LogP contribution in [0.4, 0.5) is 5.69 Å². The molecule has 0 heterocycles. The summed E-state index contributed by atoms with van der Waals surface area (Å²) in [6, 6.07) is 5.41. The first-order valence-electron chi connectivity index (χ1n) is 5.76. The number of rotatable bonds is 5. The predicted octanol–water partition coefficient (Wildman–Crippen LogP) is 3.93. The average Bonchev–Trinajstić information content (AvgIpc) is 2.23. The molecule has 0 aliphatic heterocycles. The second kappa shape index (κ2) is 6.30. The van der Waals surface area contributed by atoms with Crippen molar-refractivity contribution in [3.05, 3.63) is 28.2 Å². The van der Waals surface area contributed by atoms with Crippen LogP contribution in [0.25, 0.3) is 0 Å². The number of anilines is 1. The molecule has 1 unspecified atom stereocenters. The smallest absolute Gasteiger partial charge is 0.308 e. The molecule has 0 amide bonds. The van der Waals surface area contributed by atoms with Crippen LogP contribution in [-0.4, -0.2) is 23.7 Å². The van der Waals surface area contributed by atoms with Crippen LogP contribution in [0.2, 0.25) is 10.0 Å². The van der Waals surface area contributed by atoms with E-state index < -0.39 is 11.9 Å². The maximum absolute atomic E-state index is 10.9. The number of hydrogen-bond donors (Lipinski definition) is 1. The van der Waals surface area contributed by atoms with Crippen LogP contribution in [0.5, 0.6) is 0 Å². The van der Waals surface area contributed by atoms with Crippen LogP contribution in [0.1, 0.15) is 20.8 Å². The molecule has 0 aliphatic rings. The van der Waals surface area contributed by atoms with Crippen molar-refractivity contribution in [2.45, 2.75) is 26.8 Å². The standard InChI is InChI=1S/C13H17Cl2NO2/c1-8(2)16(7-9(3)13(17)18)12-5-10(14)4-11(15)6-12/h4-6,8-9H,7H2,1-3H3,(H,17,18). The van der Waals surface area contributed by atoms with E-state index >= 15 is 0 Å². The van der Waals surface area contributed by atoms with Gasteiger partial charge in [0.1, 0.15) is 0 Å². The summed E-state index contributed by atoms with van der Waals surface area (Å²) in [4.78, 5) is 12.9. The van der Waals surface area contributed by atoms with E-state index in [9.17, 15) is 4.79 Å². The summed E-state index contributed by atoms with van der Waals surface area (Å²) in [5, 5.41) is 10.1. The second-order valence-electron chi connectivity index (χ2n) is 4.61. The predicted molar refractivity (Wildman–Crippen MR) is 75.7 cm³/mol. The molecule has 0 saturated heterocycles. The van der Waals surface area contributed by atoms with E-state index in [0.29, 0.717) is 16.6 Å². The molecule has 100 valence electrons. The Morgan fingerprint density at radius 3 is 2.11 bits per heavy atom. The van der Waals surface area contributed by atoms with Crippen LogP contribution in [0.15, 0.2) is 18.2 Å². The molecular weight excluding hydrogens is 273 g/mol. The van der Waals surface area contributed by atoms with E-state index in [-0.39, 0.29) is 6.04 Å². The lowest BCUT2D eigenvalue weighted by Gasteiger charge is -2.30. The van der Waals surface area contributed by atoms with Gasteiger partial charge in [-0.2, -0.15) is 0 Å². The number of carboxylic acids is 1. The largest absolute Gasteiger partial charge is 0.481 e. The Bertz CT molecular complexity index is 415. The van der Waals surface area contributed by atoms with Crippen LogP contribution in [-0.2, 0) is 4.79 Å². The minimum Gasteiger partial charge on any atom is -0.481 e. The van der Waals surface area contributed by atoms with Crippen LogP contribution in [0.3, 0.4) is 0 Å². The fourth-order valence-electron chi connectivity index (χ4n) is 1.69. The quantitative estimate of drug-likeness (QED) is 0.893. The Morgan fingerprint density at radius 1 is 1.22 bits per heavy atom.